The van der Waals surface area contributed by atoms with E-state index in [0.29, 0.717) is 19.4 Å². The number of thiol groups is 1. The Kier molecular flexibility index (Phi) is 14.4. The molecule has 0 aliphatic rings. The van der Waals surface area contributed by atoms with Crippen LogP contribution < -0.4 is 27.4 Å². The highest BCUT2D eigenvalue weighted by atomic mass is 32.1. The summed E-state index contributed by atoms with van der Waals surface area (Å²) < 4.78 is 0. The summed E-state index contributed by atoms with van der Waals surface area (Å²) in [6, 6.07) is -5.49. The molecule has 33 heavy (non-hydrogen) atoms. The number of aliphatic carboxylic acids is 3. The van der Waals surface area contributed by atoms with Crippen LogP contribution in [-0.4, -0.2) is 87.4 Å². The zero-order valence-electron chi connectivity index (χ0n) is 17.9. The van der Waals surface area contributed by atoms with E-state index < -0.39 is 72.6 Å². The summed E-state index contributed by atoms with van der Waals surface area (Å²) >= 11 is 3.96. The molecule has 0 fully saturated rings. The van der Waals surface area contributed by atoms with Gasteiger partial charge in [0.05, 0.1) is 12.5 Å². The highest BCUT2D eigenvalue weighted by Gasteiger charge is 2.30. The largest absolute Gasteiger partial charge is 0.481 e. The molecule has 0 rings (SSSR count). The van der Waals surface area contributed by atoms with Crippen molar-refractivity contribution in [3.8, 4) is 0 Å². The normalized spacial score (nSPS) is 14.3. The molecule has 0 saturated carbocycles. The van der Waals surface area contributed by atoms with Crippen LogP contribution in [0.2, 0.25) is 0 Å². The van der Waals surface area contributed by atoms with E-state index in [4.69, 9.17) is 21.7 Å². The maximum absolute atomic E-state index is 12.5. The lowest BCUT2D eigenvalue weighted by Gasteiger charge is -2.23. The second-order valence-electron chi connectivity index (χ2n) is 7.13. The summed E-state index contributed by atoms with van der Waals surface area (Å²) in [4.78, 5) is 70.2. The summed E-state index contributed by atoms with van der Waals surface area (Å²) in [6.45, 7) is 0.353. The molecule has 0 aliphatic carbocycles. The van der Waals surface area contributed by atoms with Gasteiger partial charge in [0.2, 0.25) is 17.7 Å². The van der Waals surface area contributed by atoms with Gasteiger partial charge in [0, 0.05) is 12.2 Å². The minimum Gasteiger partial charge on any atom is -0.481 e. The maximum Gasteiger partial charge on any atom is 0.326 e. The monoisotopic (exact) mass is 493 g/mol. The fraction of sp³-hybridized carbons (Fsp3) is 0.667. The summed E-state index contributed by atoms with van der Waals surface area (Å²) in [5.74, 6) is -7.02. The molecule has 0 aromatic heterocycles. The van der Waals surface area contributed by atoms with Gasteiger partial charge < -0.3 is 42.7 Å². The molecule has 10 N–H and O–H groups in total. The zero-order chi connectivity index (χ0) is 25.6. The molecule has 0 heterocycles. The first-order valence-corrected chi connectivity index (χ1v) is 10.7. The number of amides is 3. The van der Waals surface area contributed by atoms with Crippen molar-refractivity contribution in [1.29, 1.82) is 0 Å². The van der Waals surface area contributed by atoms with E-state index in [1.54, 1.807) is 0 Å². The summed E-state index contributed by atoms with van der Waals surface area (Å²) in [6.07, 6.45) is -0.399. The zero-order valence-corrected chi connectivity index (χ0v) is 18.8. The quantitative estimate of drug-likeness (QED) is 0.0741. The lowest BCUT2D eigenvalue weighted by atomic mass is 10.1. The van der Waals surface area contributed by atoms with Gasteiger partial charge in [0.1, 0.15) is 18.1 Å². The van der Waals surface area contributed by atoms with E-state index in [1.807, 2.05) is 0 Å². The number of hydrogen-bond acceptors (Lipinski definition) is 9. The first-order valence-electron chi connectivity index (χ1n) is 10.1. The molecule has 4 atom stereocenters. The fourth-order valence-electron chi connectivity index (χ4n) is 2.56. The Bertz CT molecular complexity index is 721. The third-order valence-electron chi connectivity index (χ3n) is 4.39. The van der Waals surface area contributed by atoms with Crippen molar-refractivity contribution >= 4 is 48.3 Å². The van der Waals surface area contributed by atoms with Crippen molar-refractivity contribution in [3.63, 3.8) is 0 Å². The van der Waals surface area contributed by atoms with Gasteiger partial charge in [-0.15, -0.1) is 0 Å². The van der Waals surface area contributed by atoms with Gasteiger partial charge in [0.25, 0.3) is 0 Å². The minimum absolute atomic E-state index is 0.109. The van der Waals surface area contributed by atoms with Gasteiger partial charge in [0.15, 0.2) is 0 Å². The number of carbonyl (C=O) groups excluding carboxylic acids is 3. The predicted octanol–water partition coefficient (Wildman–Crippen LogP) is -2.75. The highest BCUT2D eigenvalue weighted by Crippen LogP contribution is 2.04. The van der Waals surface area contributed by atoms with E-state index in [2.05, 4.69) is 28.6 Å². The first kappa shape index (κ1) is 30.1. The molecule has 0 radical (unpaired) electrons. The molecule has 0 spiro atoms. The van der Waals surface area contributed by atoms with Crippen molar-refractivity contribution in [3.05, 3.63) is 0 Å². The Morgan fingerprint density at radius 1 is 0.758 bits per heavy atom. The van der Waals surface area contributed by atoms with Crippen LogP contribution in [0.3, 0.4) is 0 Å². The second kappa shape index (κ2) is 15.8. The number of hydrogen-bond donors (Lipinski definition) is 9. The summed E-state index contributed by atoms with van der Waals surface area (Å²) in [5.41, 5.74) is 10.9. The Labute approximate surface area is 195 Å². The molecular formula is C18H31N5O9S. The van der Waals surface area contributed by atoms with Crippen LogP contribution in [-0.2, 0) is 28.8 Å². The molecule has 0 bridgehead atoms. The van der Waals surface area contributed by atoms with Crippen LogP contribution in [0.25, 0.3) is 0 Å². The van der Waals surface area contributed by atoms with Crippen LogP contribution in [0.1, 0.15) is 38.5 Å². The lowest BCUT2D eigenvalue weighted by molar-refractivity contribution is -0.143. The van der Waals surface area contributed by atoms with E-state index in [1.165, 1.54) is 0 Å². The van der Waals surface area contributed by atoms with Crippen LogP contribution in [0.15, 0.2) is 0 Å². The van der Waals surface area contributed by atoms with Crippen molar-refractivity contribution in [2.75, 3.05) is 12.3 Å². The third-order valence-corrected chi connectivity index (χ3v) is 4.76. The predicted molar refractivity (Wildman–Crippen MR) is 117 cm³/mol. The van der Waals surface area contributed by atoms with Gasteiger partial charge in [-0.1, -0.05) is 0 Å². The Morgan fingerprint density at radius 3 is 1.79 bits per heavy atom. The van der Waals surface area contributed by atoms with Crippen molar-refractivity contribution in [2.45, 2.75) is 62.7 Å². The molecular weight excluding hydrogens is 462 g/mol. The Morgan fingerprint density at radius 2 is 1.30 bits per heavy atom. The second-order valence-corrected chi connectivity index (χ2v) is 7.49. The average molecular weight is 494 g/mol. The van der Waals surface area contributed by atoms with Gasteiger partial charge in [-0.3, -0.25) is 24.0 Å². The van der Waals surface area contributed by atoms with Crippen molar-refractivity contribution in [1.82, 2.24) is 16.0 Å². The Hall–Kier alpha value is -2.91. The highest BCUT2D eigenvalue weighted by molar-refractivity contribution is 7.80. The van der Waals surface area contributed by atoms with Crippen molar-refractivity contribution in [2.24, 2.45) is 11.5 Å². The topological polar surface area (TPSA) is 251 Å². The standard InChI is InChI=1S/C18H31N5O9S/c19-6-2-1-3-10(18(31)32)21-17(30)12(8-33)23-16(29)11(7-14(26)27)22-15(28)9(20)4-5-13(24)25/h9-12,33H,1-8,19-20H2,(H,21,30)(H,22,28)(H,23,29)(H,24,25)(H,26,27)(H,31,32). The molecule has 15 heteroatoms. The van der Waals surface area contributed by atoms with Crippen LogP contribution in [0, 0.1) is 0 Å². The number of nitrogens with one attached hydrogen (secondary N) is 3. The van der Waals surface area contributed by atoms with E-state index in [0.717, 1.165) is 0 Å². The van der Waals surface area contributed by atoms with E-state index in [-0.39, 0.29) is 18.6 Å². The number of unbranched alkanes of at least 4 members (excludes halogenated alkanes) is 1. The van der Waals surface area contributed by atoms with Gasteiger partial charge in [-0.25, -0.2) is 4.79 Å². The van der Waals surface area contributed by atoms with Gasteiger partial charge >= 0.3 is 17.9 Å². The molecule has 188 valence electrons. The van der Waals surface area contributed by atoms with Crippen LogP contribution in [0.4, 0.5) is 0 Å². The molecule has 0 aromatic rings. The average Bonchev–Trinajstić information content (AvgIpc) is 2.73. The summed E-state index contributed by atoms with van der Waals surface area (Å²) in [5, 5.41) is 33.6. The SMILES string of the molecule is NCCCCC(NC(=O)C(CS)NC(=O)C(CC(=O)O)NC(=O)C(N)CCC(=O)O)C(=O)O. The fourth-order valence-corrected chi connectivity index (χ4v) is 2.82. The summed E-state index contributed by atoms with van der Waals surface area (Å²) in [7, 11) is 0. The van der Waals surface area contributed by atoms with Crippen molar-refractivity contribution < 1.29 is 44.1 Å². The molecule has 0 saturated heterocycles. The molecule has 0 aliphatic heterocycles. The minimum atomic E-state index is -1.62. The van der Waals surface area contributed by atoms with Gasteiger partial charge in [-0.2, -0.15) is 12.6 Å². The Balaban J connectivity index is 5.19. The third kappa shape index (κ3) is 12.6. The number of carboxylic acids is 3. The molecule has 14 nitrogen and oxygen atoms in total. The van der Waals surface area contributed by atoms with Crippen LogP contribution in [0.5, 0.6) is 0 Å². The smallest absolute Gasteiger partial charge is 0.326 e. The van der Waals surface area contributed by atoms with E-state index >= 15 is 0 Å². The number of carbonyl (C=O) groups is 6. The molecule has 0 aromatic carbocycles. The van der Waals surface area contributed by atoms with E-state index in [9.17, 15) is 33.9 Å². The first-order chi connectivity index (χ1) is 15.4. The van der Waals surface area contributed by atoms with Gasteiger partial charge in [-0.05, 0) is 32.2 Å². The number of rotatable bonds is 17. The molecule has 4 unspecified atom stereocenters. The van der Waals surface area contributed by atoms with Crippen LogP contribution >= 0.6 is 12.6 Å². The maximum atomic E-state index is 12.5. The number of nitrogens with two attached hydrogens (primary N) is 2. The lowest BCUT2D eigenvalue weighted by Crippen LogP contribution is -2.58. The molecule has 3 amide bonds. The number of carboxylic acid groups (broad SMARTS) is 3.